The van der Waals surface area contributed by atoms with E-state index >= 15 is 0 Å². The molecule has 0 saturated carbocycles. The van der Waals surface area contributed by atoms with Gasteiger partial charge in [0.15, 0.2) is 0 Å². The molecular weight excluding hydrogens is 256 g/mol. The minimum atomic E-state index is -1.01. The van der Waals surface area contributed by atoms with E-state index in [4.69, 9.17) is 6.42 Å². The number of hydrogen-bond donors (Lipinski definition) is 2. The number of aliphatic carboxylic acids is 1. The van der Waals surface area contributed by atoms with Crippen molar-refractivity contribution in [2.24, 2.45) is 0 Å². The normalized spacial score (nSPS) is 18.0. The monoisotopic (exact) mass is 272 g/mol. The first-order valence-corrected chi connectivity index (χ1v) is 6.38. The first kappa shape index (κ1) is 13.9. The van der Waals surface area contributed by atoms with Crippen molar-refractivity contribution in [2.45, 2.75) is 31.8 Å². The molecule has 0 radical (unpaired) electrons. The summed E-state index contributed by atoms with van der Waals surface area (Å²) >= 11 is 0. The zero-order valence-electron chi connectivity index (χ0n) is 11.2. The number of rotatable bonds is 3. The number of benzene rings is 1. The number of urea groups is 1. The number of hydrogen-bond acceptors (Lipinski definition) is 2. The van der Waals surface area contributed by atoms with Gasteiger partial charge in [-0.3, -0.25) is 4.90 Å². The number of para-hydroxylation sites is 1. The van der Waals surface area contributed by atoms with Gasteiger partial charge in [-0.15, -0.1) is 12.3 Å². The Labute approximate surface area is 117 Å². The molecule has 1 aliphatic heterocycles. The molecule has 1 unspecified atom stereocenters. The highest BCUT2D eigenvalue weighted by Gasteiger charge is 2.38. The second kappa shape index (κ2) is 5.66. The van der Waals surface area contributed by atoms with E-state index in [1.165, 1.54) is 4.90 Å². The number of carbonyl (C=O) groups excluding carboxylic acids is 1. The van der Waals surface area contributed by atoms with E-state index in [0.717, 1.165) is 5.56 Å². The fourth-order valence-electron chi connectivity index (χ4n) is 2.34. The SMILES string of the molecule is C#CCC(C)NC(=O)N1c2ccccc2C[C@H]1C(=O)O. The molecule has 0 spiro atoms. The van der Waals surface area contributed by atoms with Gasteiger partial charge in [0.05, 0.1) is 0 Å². The molecular formula is C15H16N2O3. The quantitative estimate of drug-likeness (QED) is 0.822. The van der Waals surface area contributed by atoms with Crippen LogP contribution < -0.4 is 10.2 Å². The number of terminal acetylenes is 1. The number of amides is 2. The molecule has 2 rings (SSSR count). The van der Waals surface area contributed by atoms with Crippen molar-refractivity contribution in [3.05, 3.63) is 29.8 Å². The van der Waals surface area contributed by atoms with Crippen molar-refractivity contribution in [3.63, 3.8) is 0 Å². The molecule has 2 atom stereocenters. The predicted molar refractivity (Wildman–Crippen MR) is 75.5 cm³/mol. The topological polar surface area (TPSA) is 69.6 Å². The molecule has 2 amide bonds. The van der Waals surface area contributed by atoms with Crippen LogP contribution in [0.25, 0.3) is 0 Å². The van der Waals surface area contributed by atoms with Crippen molar-refractivity contribution < 1.29 is 14.7 Å². The molecule has 0 bridgehead atoms. The highest BCUT2D eigenvalue weighted by Crippen LogP contribution is 2.32. The summed E-state index contributed by atoms with van der Waals surface area (Å²) in [5.74, 6) is 1.45. The third kappa shape index (κ3) is 2.59. The minimum absolute atomic E-state index is 0.199. The Balaban J connectivity index is 2.25. The van der Waals surface area contributed by atoms with Gasteiger partial charge in [0.2, 0.25) is 0 Å². The van der Waals surface area contributed by atoms with Crippen LogP contribution in [0.3, 0.4) is 0 Å². The summed E-state index contributed by atoms with van der Waals surface area (Å²) in [4.78, 5) is 24.9. The van der Waals surface area contributed by atoms with E-state index in [-0.39, 0.29) is 6.04 Å². The van der Waals surface area contributed by atoms with Crippen molar-refractivity contribution in [1.82, 2.24) is 5.32 Å². The Morgan fingerprint density at radius 1 is 1.55 bits per heavy atom. The van der Waals surface area contributed by atoms with Crippen LogP contribution in [0.2, 0.25) is 0 Å². The zero-order chi connectivity index (χ0) is 14.7. The molecule has 0 saturated heterocycles. The highest BCUT2D eigenvalue weighted by atomic mass is 16.4. The molecule has 0 fully saturated rings. The van der Waals surface area contributed by atoms with E-state index in [1.54, 1.807) is 19.1 Å². The van der Waals surface area contributed by atoms with Crippen LogP contribution in [0.4, 0.5) is 10.5 Å². The van der Waals surface area contributed by atoms with Gasteiger partial charge in [-0.05, 0) is 18.6 Å². The van der Waals surface area contributed by atoms with E-state index < -0.39 is 18.0 Å². The Kier molecular flexibility index (Phi) is 3.94. The molecule has 0 aliphatic carbocycles. The summed E-state index contributed by atoms with van der Waals surface area (Å²) in [6.07, 6.45) is 5.93. The van der Waals surface area contributed by atoms with Gasteiger partial charge >= 0.3 is 12.0 Å². The predicted octanol–water partition coefficient (Wildman–Crippen LogP) is 1.62. The van der Waals surface area contributed by atoms with Gasteiger partial charge in [0.1, 0.15) is 6.04 Å². The summed E-state index contributed by atoms with van der Waals surface area (Å²) in [7, 11) is 0. The van der Waals surface area contributed by atoms with Crippen molar-refractivity contribution in [3.8, 4) is 12.3 Å². The fourth-order valence-corrected chi connectivity index (χ4v) is 2.34. The molecule has 0 aromatic heterocycles. The second-order valence-corrected chi connectivity index (χ2v) is 4.82. The minimum Gasteiger partial charge on any atom is -0.480 e. The van der Waals surface area contributed by atoms with Crippen LogP contribution in [0, 0.1) is 12.3 Å². The maximum atomic E-state index is 12.3. The average molecular weight is 272 g/mol. The molecule has 5 nitrogen and oxygen atoms in total. The number of anilines is 1. The van der Waals surface area contributed by atoms with Crippen LogP contribution in [0.1, 0.15) is 18.9 Å². The van der Waals surface area contributed by atoms with Crippen LogP contribution in [-0.4, -0.2) is 29.2 Å². The van der Waals surface area contributed by atoms with Gasteiger partial charge in [0.25, 0.3) is 0 Å². The zero-order valence-corrected chi connectivity index (χ0v) is 11.2. The second-order valence-electron chi connectivity index (χ2n) is 4.82. The van der Waals surface area contributed by atoms with Gasteiger partial charge < -0.3 is 10.4 Å². The Morgan fingerprint density at radius 3 is 2.90 bits per heavy atom. The summed E-state index contributed by atoms with van der Waals surface area (Å²) in [6, 6.07) is 5.71. The Morgan fingerprint density at radius 2 is 2.25 bits per heavy atom. The van der Waals surface area contributed by atoms with Crippen LogP contribution in [-0.2, 0) is 11.2 Å². The maximum absolute atomic E-state index is 12.3. The molecule has 2 N–H and O–H groups in total. The van der Waals surface area contributed by atoms with Gasteiger partial charge in [-0.2, -0.15) is 0 Å². The van der Waals surface area contributed by atoms with Gasteiger partial charge in [-0.25, -0.2) is 9.59 Å². The lowest BCUT2D eigenvalue weighted by atomic mass is 10.1. The molecule has 1 aromatic carbocycles. The first-order chi connectivity index (χ1) is 9.54. The lowest BCUT2D eigenvalue weighted by Crippen LogP contribution is -2.50. The summed E-state index contributed by atoms with van der Waals surface area (Å²) in [5.41, 5.74) is 1.50. The number of nitrogens with one attached hydrogen (secondary N) is 1. The largest absolute Gasteiger partial charge is 0.480 e. The summed E-state index contributed by atoms with van der Waals surface area (Å²) in [5, 5.41) is 12.0. The third-order valence-corrected chi connectivity index (χ3v) is 3.27. The Hall–Kier alpha value is -2.48. The maximum Gasteiger partial charge on any atom is 0.327 e. The molecule has 20 heavy (non-hydrogen) atoms. The number of fused-ring (bicyclic) bond motifs is 1. The smallest absolute Gasteiger partial charge is 0.327 e. The number of carbonyl (C=O) groups is 2. The highest BCUT2D eigenvalue weighted by molar-refractivity contribution is 6.01. The molecule has 1 heterocycles. The van der Waals surface area contributed by atoms with E-state index in [0.29, 0.717) is 18.5 Å². The number of carboxylic acid groups (broad SMARTS) is 1. The molecule has 5 heteroatoms. The third-order valence-electron chi connectivity index (χ3n) is 3.27. The van der Waals surface area contributed by atoms with Crippen LogP contribution in [0.15, 0.2) is 24.3 Å². The molecule has 1 aliphatic rings. The van der Waals surface area contributed by atoms with Crippen molar-refractivity contribution in [2.75, 3.05) is 4.90 Å². The van der Waals surface area contributed by atoms with Gasteiger partial charge in [0, 0.05) is 24.6 Å². The molecule has 1 aromatic rings. The van der Waals surface area contributed by atoms with E-state index in [2.05, 4.69) is 11.2 Å². The number of nitrogens with zero attached hydrogens (tertiary/aromatic N) is 1. The number of carboxylic acids is 1. The van der Waals surface area contributed by atoms with Gasteiger partial charge in [-0.1, -0.05) is 18.2 Å². The van der Waals surface area contributed by atoms with Crippen molar-refractivity contribution in [1.29, 1.82) is 0 Å². The summed E-state index contributed by atoms with van der Waals surface area (Å²) < 4.78 is 0. The standard InChI is InChI=1S/C15H16N2O3/c1-3-6-10(2)16-15(20)17-12-8-5-4-7-11(12)9-13(17)14(18)19/h1,4-5,7-8,10,13H,6,9H2,2H3,(H,16,20)(H,18,19)/t10?,13-/m0/s1. The van der Waals surface area contributed by atoms with Crippen LogP contribution in [0.5, 0.6) is 0 Å². The average Bonchev–Trinajstić information content (AvgIpc) is 2.78. The van der Waals surface area contributed by atoms with Crippen molar-refractivity contribution >= 4 is 17.7 Å². The van der Waals surface area contributed by atoms with E-state index in [1.807, 2.05) is 12.1 Å². The van der Waals surface area contributed by atoms with E-state index in [9.17, 15) is 14.7 Å². The summed E-state index contributed by atoms with van der Waals surface area (Å²) in [6.45, 7) is 1.79. The fraction of sp³-hybridized carbons (Fsp3) is 0.333. The lowest BCUT2D eigenvalue weighted by Gasteiger charge is -2.24. The molecule has 104 valence electrons. The first-order valence-electron chi connectivity index (χ1n) is 6.38. The Bertz CT molecular complexity index is 577. The van der Waals surface area contributed by atoms with Crippen LogP contribution >= 0.6 is 0 Å². The lowest BCUT2D eigenvalue weighted by molar-refractivity contribution is -0.138.